The predicted molar refractivity (Wildman–Crippen MR) is 84.5 cm³/mol. The maximum Gasteiger partial charge on any atom is 0.135 e. The standard InChI is InChI=1S/C15H28N4O/c1-7-8-16-12-9-13(18-14(17-12)11(2)3)19(6)10-15(4,5)20/h9,11,20H,7-8,10H2,1-6H3,(H,16,17,18). The van der Waals surface area contributed by atoms with Crippen LogP contribution < -0.4 is 10.2 Å². The highest BCUT2D eigenvalue weighted by Crippen LogP contribution is 2.20. The van der Waals surface area contributed by atoms with E-state index in [1.165, 1.54) is 0 Å². The quantitative estimate of drug-likeness (QED) is 0.804. The average molecular weight is 280 g/mol. The second kappa shape index (κ2) is 6.88. The van der Waals surface area contributed by atoms with E-state index in [9.17, 15) is 5.11 Å². The van der Waals surface area contributed by atoms with E-state index in [4.69, 9.17) is 0 Å². The smallest absolute Gasteiger partial charge is 0.135 e. The van der Waals surface area contributed by atoms with Gasteiger partial charge in [-0.3, -0.25) is 0 Å². The molecule has 20 heavy (non-hydrogen) atoms. The molecule has 1 aromatic rings. The topological polar surface area (TPSA) is 61.3 Å². The number of aromatic nitrogens is 2. The largest absolute Gasteiger partial charge is 0.389 e. The molecule has 0 amide bonds. The van der Waals surface area contributed by atoms with Gasteiger partial charge < -0.3 is 15.3 Å². The molecule has 1 rings (SSSR count). The normalized spacial score (nSPS) is 11.8. The van der Waals surface area contributed by atoms with Crippen LogP contribution in [0.4, 0.5) is 11.6 Å². The number of nitrogens with zero attached hydrogens (tertiary/aromatic N) is 3. The minimum absolute atomic E-state index is 0.271. The Hall–Kier alpha value is -1.36. The average Bonchev–Trinajstić information content (AvgIpc) is 2.33. The molecule has 1 aromatic heterocycles. The van der Waals surface area contributed by atoms with Crippen molar-refractivity contribution in [2.24, 2.45) is 0 Å². The summed E-state index contributed by atoms with van der Waals surface area (Å²) in [5.41, 5.74) is -0.755. The first-order valence-electron chi connectivity index (χ1n) is 7.29. The molecule has 0 fully saturated rings. The lowest BCUT2D eigenvalue weighted by atomic mass is 10.1. The fraction of sp³-hybridized carbons (Fsp3) is 0.733. The number of hydrogen-bond acceptors (Lipinski definition) is 5. The van der Waals surface area contributed by atoms with E-state index in [0.29, 0.717) is 6.54 Å². The zero-order chi connectivity index (χ0) is 15.3. The van der Waals surface area contributed by atoms with Crippen LogP contribution in [-0.2, 0) is 0 Å². The fourth-order valence-electron chi connectivity index (χ4n) is 1.91. The Bertz CT molecular complexity index is 426. The van der Waals surface area contributed by atoms with E-state index in [1.807, 2.05) is 18.0 Å². The van der Waals surface area contributed by atoms with Gasteiger partial charge in [0.2, 0.25) is 0 Å². The number of anilines is 2. The van der Waals surface area contributed by atoms with Crippen LogP contribution in [0.1, 0.15) is 52.8 Å². The highest BCUT2D eigenvalue weighted by atomic mass is 16.3. The van der Waals surface area contributed by atoms with Gasteiger partial charge in [-0.15, -0.1) is 0 Å². The molecule has 0 aliphatic heterocycles. The second-order valence-corrected chi connectivity index (χ2v) is 6.22. The molecule has 0 atom stereocenters. The van der Waals surface area contributed by atoms with Gasteiger partial charge in [-0.2, -0.15) is 0 Å². The number of aliphatic hydroxyl groups is 1. The lowest BCUT2D eigenvalue weighted by molar-refractivity contribution is 0.0884. The molecule has 114 valence electrons. The highest BCUT2D eigenvalue weighted by Gasteiger charge is 2.18. The van der Waals surface area contributed by atoms with Crippen molar-refractivity contribution >= 4 is 11.6 Å². The Morgan fingerprint density at radius 1 is 1.35 bits per heavy atom. The first kappa shape index (κ1) is 16.7. The van der Waals surface area contributed by atoms with Crippen molar-refractivity contribution in [2.75, 3.05) is 30.4 Å². The zero-order valence-corrected chi connectivity index (χ0v) is 13.6. The van der Waals surface area contributed by atoms with Gasteiger partial charge in [-0.05, 0) is 20.3 Å². The number of hydrogen-bond donors (Lipinski definition) is 2. The van der Waals surface area contributed by atoms with Gasteiger partial charge in [0.1, 0.15) is 17.5 Å². The molecule has 0 spiro atoms. The third-order valence-corrected chi connectivity index (χ3v) is 2.82. The summed E-state index contributed by atoms with van der Waals surface area (Å²) in [4.78, 5) is 11.1. The van der Waals surface area contributed by atoms with Gasteiger partial charge in [0, 0.05) is 32.1 Å². The maximum absolute atomic E-state index is 9.94. The Morgan fingerprint density at radius 3 is 2.50 bits per heavy atom. The van der Waals surface area contributed by atoms with E-state index in [-0.39, 0.29) is 5.92 Å². The Kier molecular flexibility index (Phi) is 5.74. The summed E-state index contributed by atoms with van der Waals surface area (Å²) in [5, 5.41) is 13.2. The van der Waals surface area contributed by atoms with Crippen molar-refractivity contribution in [2.45, 2.75) is 52.6 Å². The van der Waals surface area contributed by atoms with E-state index in [2.05, 4.69) is 36.1 Å². The molecule has 0 aliphatic carbocycles. The molecular formula is C15H28N4O. The molecule has 0 unspecified atom stereocenters. The van der Waals surface area contributed by atoms with Crippen molar-refractivity contribution in [1.82, 2.24) is 9.97 Å². The van der Waals surface area contributed by atoms with Crippen LogP contribution in [0.15, 0.2) is 6.07 Å². The molecule has 0 saturated heterocycles. The van der Waals surface area contributed by atoms with Crippen molar-refractivity contribution in [3.63, 3.8) is 0 Å². The van der Waals surface area contributed by atoms with Gasteiger partial charge in [-0.1, -0.05) is 20.8 Å². The minimum Gasteiger partial charge on any atom is -0.389 e. The Balaban J connectivity index is 3.01. The molecule has 0 bridgehead atoms. The first-order chi connectivity index (χ1) is 9.23. The lowest BCUT2D eigenvalue weighted by Crippen LogP contribution is -2.36. The molecule has 5 nitrogen and oxygen atoms in total. The van der Waals surface area contributed by atoms with E-state index >= 15 is 0 Å². The molecule has 0 aromatic carbocycles. The predicted octanol–water partition coefficient (Wildman–Crippen LogP) is 2.63. The fourth-order valence-corrected chi connectivity index (χ4v) is 1.91. The van der Waals surface area contributed by atoms with Gasteiger partial charge in [-0.25, -0.2) is 9.97 Å². The van der Waals surface area contributed by atoms with Crippen LogP contribution in [-0.4, -0.2) is 40.8 Å². The van der Waals surface area contributed by atoms with Gasteiger partial charge in [0.05, 0.1) is 5.60 Å². The minimum atomic E-state index is -0.755. The SMILES string of the molecule is CCCNc1cc(N(C)CC(C)(C)O)nc(C(C)C)n1. The molecule has 0 radical (unpaired) electrons. The van der Waals surface area contributed by atoms with Crippen molar-refractivity contribution in [3.8, 4) is 0 Å². The summed E-state index contributed by atoms with van der Waals surface area (Å²) < 4.78 is 0. The van der Waals surface area contributed by atoms with Crippen molar-refractivity contribution in [1.29, 1.82) is 0 Å². The summed E-state index contributed by atoms with van der Waals surface area (Å²) in [7, 11) is 1.94. The zero-order valence-electron chi connectivity index (χ0n) is 13.6. The summed E-state index contributed by atoms with van der Waals surface area (Å²) in [6.45, 7) is 11.3. The summed E-state index contributed by atoms with van der Waals surface area (Å²) in [5.74, 6) is 2.78. The van der Waals surface area contributed by atoms with Crippen LogP contribution in [0.3, 0.4) is 0 Å². The van der Waals surface area contributed by atoms with Gasteiger partial charge in [0.15, 0.2) is 0 Å². The van der Waals surface area contributed by atoms with Crippen LogP contribution in [0.5, 0.6) is 0 Å². The van der Waals surface area contributed by atoms with Crippen LogP contribution >= 0.6 is 0 Å². The Labute approximate surface area is 122 Å². The number of nitrogens with one attached hydrogen (secondary N) is 1. The molecule has 5 heteroatoms. The van der Waals surface area contributed by atoms with Crippen molar-refractivity contribution in [3.05, 3.63) is 11.9 Å². The number of rotatable bonds is 7. The maximum atomic E-state index is 9.94. The van der Waals surface area contributed by atoms with E-state index < -0.39 is 5.60 Å². The van der Waals surface area contributed by atoms with Crippen LogP contribution in [0, 0.1) is 0 Å². The summed E-state index contributed by atoms with van der Waals surface area (Å²) in [6.07, 6.45) is 1.05. The lowest BCUT2D eigenvalue weighted by Gasteiger charge is -2.27. The van der Waals surface area contributed by atoms with Gasteiger partial charge >= 0.3 is 0 Å². The van der Waals surface area contributed by atoms with Crippen LogP contribution in [0.25, 0.3) is 0 Å². The monoisotopic (exact) mass is 280 g/mol. The summed E-state index contributed by atoms with van der Waals surface area (Å²) in [6, 6.07) is 1.94. The molecule has 1 heterocycles. The second-order valence-electron chi connectivity index (χ2n) is 6.22. The summed E-state index contributed by atoms with van der Waals surface area (Å²) >= 11 is 0. The molecule has 0 aliphatic rings. The Morgan fingerprint density at radius 2 is 2.00 bits per heavy atom. The van der Waals surface area contributed by atoms with Crippen LogP contribution in [0.2, 0.25) is 0 Å². The third kappa shape index (κ3) is 5.33. The van der Waals surface area contributed by atoms with E-state index in [1.54, 1.807) is 13.8 Å². The molecule has 0 saturated carbocycles. The third-order valence-electron chi connectivity index (χ3n) is 2.82. The molecular weight excluding hydrogens is 252 g/mol. The highest BCUT2D eigenvalue weighted by molar-refractivity contribution is 5.49. The number of likely N-dealkylation sites (N-methyl/N-ethyl adjacent to an activating group) is 1. The molecule has 2 N–H and O–H groups in total. The van der Waals surface area contributed by atoms with Gasteiger partial charge in [0.25, 0.3) is 0 Å². The van der Waals surface area contributed by atoms with E-state index in [0.717, 1.165) is 30.4 Å². The first-order valence-corrected chi connectivity index (χ1v) is 7.29. The van der Waals surface area contributed by atoms with Crippen molar-refractivity contribution < 1.29 is 5.11 Å².